The summed E-state index contributed by atoms with van der Waals surface area (Å²) in [6.45, 7) is 14.0. The number of anilines is 1. The minimum Gasteiger partial charge on any atom is -0.381 e. The zero-order valence-corrected chi connectivity index (χ0v) is 18.4. The first-order valence-electron chi connectivity index (χ1n) is 10.0. The number of benzene rings is 1. The highest BCUT2D eigenvalue weighted by Crippen LogP contribution is 2.27. The van der Waals surface area contributed by atoms with Crippen molar-refractivity contribution in [2.45, 2.75) is 66.2 Å². The highest BCUT2D eigenvalue weighted by Gasteiger charge is 2.21. The molecule has 0 radical (unpaired) electrons. The van der Waals surface area contributed by atoms with Crippen LogP contribution in [0.4, 0.5) is 5.69 Å². The molecule has 27 heavy (non-hydrogen) atoms. The van der Waals surface area contributed by atoms with Gasteiger partial charge in [-0.3, -0.25) is 4.79 Å². The Morgan fingerprint density at radius 1 is 1.15 bits per heavy atom. The fourth-order valence-electron chi connectivity index (χ4n) is 2.94. The summed E-state index contributed by atoms with van der Waals surface area (Å²) in [5.41, 5.74) is 2.89. The molecule has 0 bridgehead atoms. The van der Waals surface area contributed by atoms with Crippen LogP contribution in [0.5, 0.6) is 0 Å². The predicted molar refractivity (Wildman–Crippen MR) is 115 cm³/mol. The molecule has 1 aromatic carbocycles. The molecule has 1 aliphatic heterocycles. The lowest BCUT2D eigenvalue weighted by Gasteiger charge is -2.17. The van der Waals surface area contributed by atoms with Crippen LogP contribution in [-0.4, -0.2) is 35.7 Å². The molecule has 1 amide bonds. The number of aromatic nitrogens is 2. The van der Waals surface area contributed by atoms with Crippen molar-refractivity contribution in [2.75, 3.05) is 25.2 Å². The number of carbonyl (C=O) groups excluding carboxylic acids is 1. The van der Waals surface area contributed by atoms with Gasteiger partial charge in [-0.1, -0.05) is 34.6 Å². The van der Waals surface area contributed by atoms with Crippen LogP contribution < -0.4 is 4.90 Å². The van der Waals surface area contributed by atoms with E-state index < -0.39 is 0 Å². The number of carbonyl (C=O) groups is 1. The summed E-state index contributed by atoms with van der Waals surface area (Å²) in [5, 5.41) is 0. The van der Waals surface area contributed by atoms with Crippen LogP contribution in [0.3, 0.4) is 0 Å². The van der Waals surface area contributed by atoms with E-state index >= 15 is 0 Å². The van der Waals surface area contributed by atoms with Gasteiger partial charge in [-0.05, 0) is 37.5 Å². The average molecular weight is 376 g/mol. The zero-order chi connectivity index (χ0) is 20.6. The van der Waals surface area contributed by atoms with Crippen molar-refractivity contribution in [3.8, 4) is 0 Å². The molecule has 1 aromatic heterocycles. The summed E-state index contributed by atoms with van der Waals surface area (Å²) < 4.78 is 7.19. The Kier molecular flexibility index (Phi) is 8.97. The highest BCUT2D eigenvalue weighted by molar-refractivity contribution is 5.93. The first-order valence-corrected chi connectivity index (χ1v) is 10.0. The van der Waals surface area contributed by atoms with Gasteiger partial charge in [0.1, 0.15) is 5.82 Å². The van der Waals surface area contributed by atoms with Gasteiger partial charge in [-0.15, -0.1) is 0 Å². The number of aryl methyl sites for hydroxylation is 1. The number of amides is 1. The molecule has 0 spiro atoms. The van der Waals surface area contributed by atoms with E-state index in [0.717, 1.165) is 35.8 Å². The van der Waals surface area contributed by atoms with Crippen LogP contribution in [0.15, 0.2) is 18.2 Å². The third kappa shape index (κ3) is 6.35. The van der Waals surface area contributed by atoms with E-state index in [-0.39, 0.29) is 11.3 Å². The topological polar surface area (TPSA) is 47.4 Å². The van der Waals surface area contributed by atoms with E-state index in [2.05, 4.69) is 25.3 Å². The summed E-state index contributed by atoms with van der Waals surface area (Å²) in [5.74, 6) is 1.07. The number of ether oxygens (including phenoxy) is 1. The van der Waals surface area contributed by atoms with Gasteiger partial charge in [0.05, 0.1) is 11.0 Å². The SMILES string of the molecule is C1CCOCC1.CC.CC(=O)N(C)c1ccc2c(c1)nc(C(C)(C)C)n2C. The van der Waals surface area contributed by atoms with E-state index in [1.807, 2.05) is 39.1 Å². The summed E-state index contributed by atoms with van der Waals surface area (Å²) >= 11 is 0. The molecule has 2 heterocycles. The zero-order valence-electron chi connectivity index (χ0n) is 18.4. The molecule has 1 aliphatic rings. The van der Waals surface area contributed by atoms with Crippen LogP contribution in [0.2, 0.25) is 0 Å². The van der Waals surface area contributed by atoms with E-state index in [4.69, 9.17) is 9.72 Å². The molecule has 1 fully saturated rings. The van der Waals surface area contributed by atoms with Crippen molar-refractivity contribution in [2.24, 2.45) is 7.05 Å². The van der Waals surface area contributed by atoms with Crippen LogP contribution in [0.25, 0.3) is 11.0 Å². The van der Waals surface area contributed by atoms with Crippen molar-refractivity contribution >= 4 is 22.6 Å². The number of fused-ring (bicyclic) bond motifs is 1. The molecule has 0 atom stereocenters. The van der Waals surface area contributed by atoms with E-state index in [1.54, 1.807) is 18.9 Å². The molecule has 2 aromatic rings. The van der Waals surface area contributed by atoms with Crippen molar-refractivity contribution in [1.82, 2.24) is 9.55 Å². The number of imidazole rings is 1. The Morgan fingerprint density at radius 2 is 1.74 bits per heavy atom. The van der Waals surface area contributed by atoms with Crippen molar-refractivity contribution in [1.29, 1.82) is 0 Å². The minimum atomic E-state index is 0.000408. The molecule has 0 aliphatic carbocycles. The molecule has 5 heteroatoms. The van der Waals surface area contributed by atoms with Crippen LogP contribution >= 0.6 is 0 Å². The van der Waals surface area contributed by atoms with Gasteiger partial charge in [0.2, 0.25) is 5.91 Å². The summed E-state index contributed by atoms with van der Waals surface area (Å²) in [4.78, 5) is 17.8. The Bertz CT molecular complexity index is 713. The molecule has 0 N–H and O–H groups in total. The summed E-state index contributed by atoms with van der Waals surface area (Å²) in [6.07, 6.45) is 3.93. The van der Waals surface area contributed by atoms with Gasteiger partial charge in [-0.2, -0.15) is 0 Å². The Balaban J connectivity index is 0.000000381. The van der Waals surface area contributed by atoms with Crippen molar-refractivity contribution in [3.63, 3.8) is 0 Å². The predicted octanol–water partition coefficient (Wildman–Crippen LogP) is 5.07. The van der Waals surface area contributed by atoms with Crippen molar-refractivity contribution in [3.05, 3.63) is 24.0 Å². The van der Waals surface area contributed by atoms with Crippen LogP contribution in [0.1, 0.15) is 66.6 Å². The summed E-state index contributed by atoms with van der Waals surface area (Å²) in [6, 6.07) is 5.94. The van der Waals surface area contributed by atoms with Gasteiger partial charge < -0.3 is 14.2 Å². The Labute approximate surface area is 164 Å². The first kappa shape index (κ1) is 23.2. The third-order valence-corrected chi connectivity index (χ3v) is 4.47. The van der Waals surface area contributed by atoms with Crippen molar-refractivity contribution < 1.29 is 9.53 Å². The van der Waals surface area contributed by atoms with E-state index in [1.165, 1.54) is 19.3 Å². The number of hydrogen-bond acceptors (Lipinski definition) is 3. The quantitative estimate of drug-likeness (QED) is 0.699. The van der Waals surface area contributed by atoms with Gasteiger partial charge in [0, 0.05) is 45.3 Å². The smallest absolute Gasteiger partial charge is 0.223 e. The molecule has 5 nitrogen and oxygen atoms in total. The number of hydrogen-bond donors (Lipinski definition) is 0. The van der Waals surface area contributed by atoms with E-state index in [9.17, 15) is 4.79 Å². The van der Waals surface area contributed by atoms with E-state index in [0.29, 0.717) is 0 Å². The fraction of sp³-hybridized carbons (Fsp3) is 0.636. The third-order valence-electron chi connectivity index (χ3n) is 4.47. The fourth-order valence-corrected chi connectivity index (χ4v) is 2.94. The second kappa shape index (κ2) is 10.5. The van der Waals surface area contributed by atoms with Gasteiger partial charge in [0.25, 0.3) is 0 Å². The second-order valence-electron chi connectivity index (χ2n) is 7.67. The highest BCUT2D eigenvalue weighted by atomic mass is 16.5. The molecule has 152 valence electrons. The normalized spacial score (nSPS) is 13.9. The lowest BCUT2D eigenvalue weighted by Crippen LogP contribution is -2.22. The molecule has 3 rings (SSSR count). The lowest BCUT2D eigenvalue weighted by molar-refractivity contribution is -0.116. The monoisotopic (exact) mass is 375 g/mol. The lowest BCUT2D eigenvalue weighted by atomic mass is 9.96. The maximum Gasteiger partial charge on any atom is 0.223 e. The van der Waals surface area contributed by atoms with Crippen LogP contribution in [-0.2, 0) is 22.0 Å². The maximum atomic E-state index is 11.4. The maximum absolute atomic E-state index is 11.4. The Hall–Kier alpha value is -1.88. The largest absolute Gasteiger partial charge is 0.381 e. The van der Waals surface area contributed by atoms with Gasteiger partial charge in [-0.25, -0.2) is 4.98 Å². The molecular formula is C22H37N3O2. The van der Waals surface area contributed by atoms with Crippen LogP contribution in [0, 0.1) is 0 Å². The standard InChI is InChI=1S/C15H21N3O.C5H10O.C2H6/c1-10(19)17(5)11-7-8-13-12(9-11)16-14(18(13)6)15(2,3)4;1-2-4-6-5-3-1;1-2/h7-9H,1-6H3;1-5H2;1-2H3. The average Bonchev–Trinajstić information content (AvgIpc) is 3.01. The molecule has 0 saturated carbocycles. The molecular weight excluding hydrogens is 338 g/mol. The first-order chi connectivity index (χ1) is 12.7. The second-order valence-corrected chi connectivity index (χ2v) is 7.67. The minimum absolute atomic E-state index is 0.000408. The number of nitrogens with zero attached hydrogens (tertiary/aromatic N) is 3. The molecule has 0 unspecified atom stereocenters. The molecule has 1 saturated heterocycles. The Morgan fingerprint density at radius 3 is 2.15 bits per heavy atom. The number of rotatable bonds is 1. The van der Waals surface area contributed by atoms with Gasteiger partial charge in [0.15, 0.2) is 0 Å². The van der Waals surface area contributed by atoms with Gasteiger partial charge >= 0.3 is 0 Å². The summed E-state index contributed by atoms with van der Waals surface area (Å²) in [7, 11) is 3.81.